The molecule has 5 nitrogen and oxygen atoms in total. The highest BCUT2D eigenvalue weighted by molar-refractivity contribution is 5.93. The quantitative estimate of drug-likeness (QED) is 0.904. The monoisotopic (exact) mass is 318 g/mol. The fourth-order valence-electron chi connectivity index (χ4n) is 3.32. The Morgan fingerprint density at radius 3 is 2.22 bits per heavy atom. The van der Waals surface area contributed by atoms with E-state index in [2.05, 4.69) is 5.32 Å². The van der Waals surface area contributed by atoms with Crippen LogP contribution in [0, 0.1) is 0 Å². The van der Waals surface area contributed by atoms with Crippen LogP contribution in [0.15, 0.2) is 24.3 Å². The molecule has 1 fully saturated rings. The predicted molar refractivity (Wildman–Crippen MR) is 89.4 cm³/mol. The lowest BCUT2D eigenvalue weighted by Gasteiger charge is -2.30. The van der Waals surface area contributed by atoms with E-state index in [0.717, 1.165) is 37.0 Å². The summed E-state index contributed by atoms with van der Waals surface area (Å²) in [7, 11) is 5.02. The van der Waals surface area contributed by atoms with Crippen LogP contribution >= 0.6 is 0 Å². The van der Waals surface area contributed by atoms with Crippen molar-refractivity contribution in [1.29, 1.82) is 0 Å². The third-order valence-electron chi connectivity index (χ3n) is 4.69. The van der Waals surface area contributed by atoms with E-state index < -0.39 is 11.5 Å². The lowest BCUT2D eigenvalue weighted by atomic mass is 9.77. The van der Waals surface area contributed by atoms with Crippen molar-refractivity contribution in [2.45, 2.75) is 44.1 Å². The second-order valence-corrected chi connectivity index (χ2v) is 6.45. The lowest BCUT2D eigenvalue weighted by molar-refractivity contribution is -0.135. The van der Waals surface area contributed by atoms with Crippen LogP contribution in [0.2, 0.25) is 0 Å². The molecule has 0 bridgehead atoms. The second-order valence-electron chi connectivity index (χ2n) is 6.45. The number of nitrogens with zero attached hydrogens (tertiary/aromatic N) is 1. The van der Waals surface area contributed by atoms with Gasteiger partial charge in [0.1, 0.15) is 11.8 Å². The molecule has 1 aliphatic rings. The van der Waals surface area contributed by atoms with Gasteiger partial charge in [-0.1, -0.05) is 25.0 Å². The fraction of sp³-hybridized carbons (Fsp3) is 0.556. The second kappa shape index (κ2) is 7.02. The van der Waals surface area contributed by atoms with Gasteiger partial charge in [-0.05, 0) is 37.5 Å². The summed E-state index contributed by atoms with van der Waals surface area (Å²) in [5.74, 6) is 0.627. The highest BCUT2D eigenvalue weighted by Gasteiger charge is 2.43. The molecule has 0 aromatic heterocycles. The van der Waals surface area contributed by atoms with Crippen molar-refractivity contribution in [3.05, 3.63) is 29.8 Å². The van der Waals surface area contributed by atoms with Crippen molar-refractivity contribution in [3.63, 3.8) is 0 Å². The third-order valence-corrected chi connectivity index (χ3v) is 4.69. The zero-order valence-corrected chi connectivity index (χ0v) is 14.4. The highest BCUT2D eigenvalue weighted by Crippen LogP contribution is 2.41. The molecule has 5 heteroatoms. The summed E-state index contributed by atoms with van der Waals surface area (Å²) in [5, 5.41) is 2.91. The number of amides is 2. The van der Waals surface area contributed by atoms with Crippen molar-refractivity contribution in [1.82, 2.24) is 10.2 Å². The van der Waals surface area contributed by atoms with Crippen molar-refractivity contribution in [2.24, 2.45) is 0 Å². The number of nitrogens with one attached hydrogen (secondary N) is 1. The summed E-state index contributed by atoms with van der Waals surface area (Å²) in [4.78, 5) is 26.5. The van der Waals surface area contributed by atoms with E-state index >= 15 is 0 Å². The molecule has 1 atom stereocenters. The minimum Gasteiger partial charge on any atom is -0.497 e. The maximum absolute atomic E-state index is 12.9. The Morgan fingerprint density at radius 2 is 1.74 bits per heavy atom. The van der Waals surface area contributed by atoms with Gasteiger partial charge in [0.15, 0.2) is 0 Å². The summed E-state index contributed by atoms with van der Waals surface area (Å²) in [6.45, 7) is 1.73. The number of hydrogen-bond donors (Lipinski definition) is 1. The van der Waals surface area contributed by atoms with Crippen LogP contribution in [0.5, 0.6) is 5.75 Å². The number of methoxy groups -OCH3 is 1. The number of hydrogen-bond acceptors (Lipinski definition) is 3. The molecule has 2 rings (SSSR count). The van der Waals surface area contributed by atoms with Crippen LogP contribution in [0.4, 0.5) is 0 Å². The Balaban J connectivity index is 2.22. The molecule has 126 valence electrons. The molecule has 1 saturated carbocycles. The summed E-state index contributed by atoms with van der Waals surface area (Å²) in [6, 6.07) is 7.17. The molecule has 0 saturated heterocycles. The van der Waals surface area contributed by atoms with Crippen molar-refractivity contribution >= 4 is 11.8 Å². The molecule has 1 aliphatic carbocycles. The first-order chi connectivity index (χ1) is 10.9. The van der Waals surface area contributed by atoms with Gasteiger partial charge >= 0.3 is 0 Å². The van der Waals surface area contributed by atoms with Gasteiger partial charge < -0.3 is 15.0 Å². The average molecular weight is 318 g/mol. The number of carbonyl (C=O) groups excluding carboxylic acids is 2. The Hall–Kier alpha value is -2.04. The summed E-state index contributed by atoms with van der Waals surface area (Å²) in [6.07, 6.45) is 3.67. The van der Waals surface area contributed by atoms with Crippen LogP contribution in [0.25, 0.3) is 0 Å². The molecule has 0 spiro atoms. The smallest absolute Gasteiger partial charge is 0.244 e. The number of rotatable bonds is 5. The van der Waals surface area contributed by atoms with E-state index in [9.17, 15) is 9.59 Å². The minimum absolute atomic E-state index is 0.0529. The molecule has 0 radical (unpaired) electrons. The molecule has 0 aliphatic heterocycles. The van der Waals surface area contributed by atoms with E-state index in [1.54, 1.807) is 28.1 Å². The van der Waals surface area contributed by atoms with Gasteiger partial charge in [0, 0.05) is 14.1 Å². The molecule has 23 heavy (non-hydrogen) atoms. The van der Waals surface area contributed by atoms with Gasteiger partial charge in [0.05, 0.1) is 12.5 Å². The molecule has 0 unspecified atom stereocenters. The molecule has 1 aromatic rings. The van der Waals surface area contributed by atoms with E-state index in [1.165, 1.54) is 4.90 Å². The van der Waals surface area contributed by atoms with E-state index in [1.807, 2.05) is 24.3 Å². The Kier molecular flexibility index (Phi) is 5.29. The standard InChI is InChI=1S/C18H26N2O3/c1-13(16(21)20(2)3)19-17(22)18(11-5-6-12-18)14-7-9-15(23-4)10-8-14/h7-10,13H,5-6,11-12H2,1-4H3,(H,19,22)/t13-/m0/s1. The summed E-state index contributed by atoms with van der Waals surface area (Å²) >= 11 is 0. The highest BCUT2D eigenvalue weighted by atomic mass is 16.5. The van der Waals surface area contributed by atoms with E-state index in [0.29, 0.717) is 0 Å². The first kappa shape index (κ1) is 17.3. The topological polar surface area (TPSA) is 58.6 Å². The average Bonchev–Trinajstić information content (AvgIpc) is 3.05. The summed E-state index contributed by atoms with van der Waals surface area (Å²) in [5.41, 5.74) is 0.463. The van der Waals surface area contributed by atoms with Gasteiger partial charge in [-0.25, -0.2) is 0 Å². The largest absolute Gasteiger partial charge is 0.497 e. The van der Waals surface area contributed by atoms with Gasteiger partial charge in [-0.2, -0.15) is 0 Å². The fourth-order valence-corrected chi connectivity index (χ4v) is 3.32. The van der Waals surface area contributed by atoms with Gasteiger partial charge in [0.2, 0.25) is 11.8 Å². The number of ether oxygens (including phenoxy) is 1. The summed E-state index contributed by atoms with van der Waals surface area (Å²) < 4.78 is 5.20. The number of carbonyl (C=O) groups is 2. The van der Waals surface area contributed by atoms with E-state index in [4.69, 9.17) is 4.74 Å². The number of likely N-dealkylation sites (N-methyl/N-ethyl adjacent to an activating group) is 1. The molecule has 1 aromatic carbocycles. The van der Waals surface area contributed by atoms with Crippen molar-refractivity contribution < 1.29 is 14.3 Å². The lowest BCUT2D eigenvalue weighted by Crippen LogP contribution is -2.51. The maximum Gasteiger partial charge on any atom is 0.244 e. The maximum atomic E-state index is 12.9. The predicted octanol–water partition coefficient (Wildman–Crippen LogP) is 2.10. The molecular weight excluding hydrogens is 292 g/mol. The van der Waals surface area contributed by atoms with Crippen molar-refractivity contribution in [2.75, 3.05) is 21.2 Å². The third kappa shape index (κ3) is 3.49. The molecule has 0 heterocycles. The minimum atomic E-state index is -0.535. The molecular formula is C18H26N2O3. The Labute approximate surface area is 138 Å². The molecule has 1 N–H and O–H groups in total. The van der Waals surface area contributed by atoms with Gasteiger partial charge in [0.25, 0.3) is 0 Å². The Bertz CT molecular complexity index is 560. The zero-order valence-electron chi connectivity index (χ0n) is 14.4. The van der Waals surface area contributed by atoms with Crippen LogP contribution in [0.3, 0.4) is 0 Å². The Morgan fingerprint density at radius 1 is 1.17 bits per heavy atom. The van der Waals surface area contributed by atoms with Crippen LogP contribution in [-0.4, -0.2) is 44.0 Å². The first-order valence-electron chi connectivity index (χ1n) is 8.07. The van der Waals surface area contributed by atoms with Crippen LogP contribution in [0.1, 0.15) is 38.2 Å². The zero-order chi connectivity index (χ0) is 17.0. The first-order valence-corrected chi connectivity index (χ1v) is 8.07. The number of benzene rings is 1. The van der Waals surface area contributed by atoms with E-state index in [-0.39, 0.29) is 11.8 Å². The molecule has 2 amide bonds. The van der Waals surface area contributed by atoms with Gasteiger partial charge in [-0.3, -0.25) is 9.59 Å². The van der Waals surface area contributed by atoms with Gasteiger partial charge in [-0.15, -0.1) is 0 Å². The normalized spacial score (nSPS) is 17.4. The van der Waals surface area contributed by atoms with Crippen molar-refractivity contribution in [3.8, 4) is 5.75 Å². The SMILES string of the molecule is COc1ccc(C2(C(=O)N[C@@H](C)C(=O)N(C)C)CCCC2)cc1. The van der Waals surface area contributed by atoms with Crippen LogP contribution < -0.4 is 10.1 Å². The van der Waals surface area contributed by atoms with Crippen LogP contribution in [-0.2, 0) is 15.0 Å².